The Morgan fingerprint density at radius 2 is 2.04 bits per heavy atom. The number of pyridine rings is 1. The Balaban J connectivity index is 1.58. The second-order valence-electron chi connectivity index (χ2n) is 6.22. The van der Waals surface area contributed by atoms with Crippen molar-refractivity contribution in [1.29, 1.82) is 0 Å². The molecule has 0 spiro atoms. The predicted molar refractivity (Wildman–Crippen MR) is 94.3 cm³/mol. The average Bonchev–Trinajstić information content (AvgIpc) is 3.47. The van der Waals surface area contributed by atoms with Crippen molar-refractivity contribution in [2.24, 2.45) is 0 Å². The van der Waals surface area contributed by atoms with Crippen molar-refractivity contribution >= 4 is 5.91 Å². The molecule has 3 aromatic heterocycles. The number of nitrogens with zero attached hydrogens (tertiary/aromatic N) is 5. The predicted octanol–water partition coefficient (Wildman–Crippen LogP) is 2.60. The molecule has 0 radical (unpaired) electrons. The molecule has 132 valence electrons. The van der Waals surface area contributed by atoms with Gasteiger partial charge in [-0.15, -0.1) is 0 Å². The number of aromatic nitrogens is 5. The van der Waals surface area contributed by atoms with Gasteiger partial charge in [-0.3, -0.25) is 14.9 Å². The minimum Gasteiger partial charge on any atom is -0.446 e. The van der Waals surface area contributed by atoms with Crippen LogP contribution >= 0.6 is 0 Å². The van der Waals surface area contributed by atoms with Crippen LogP contribution in [-0.2, 0) is 6.54 Å². The van der Waals surface area contributed by atoms with Gasteiger partial charge in [0.15, 0.2) is 12.2 Å². The number of amides is 1. The number of carbonyl (C=O) groups is 1. The van der Waals surface area contributed by atoms with Crippen LogP contribution in [0.3, 0.4) is 0 Å². The number of hydrogen-bond donors (Lipinski definition) is 1. The van der Waals surface area contributed by atoms with Crippen LogP contribution in [0.1, 0.15) is 33.5 Å². The fourth-order valence-corrected chi connectivity index (χ4v) is 3.48. The van der Waals surface area contributed by atoms with Crippen molar-refractivity contribution in [3.05, 3.63) is 84.4 Å². The molecule has 8 heteroatoms. The topological polar surface area (TPSA) is 101 Å². The minimum atomic E-state index is -0.355. The van der Waals surface area contributed by atoms with E-state index in [2.05, 4.69) is 31.2 Å². The van der Waals surface area contributed by atoms with E-state index in [4.69, 9.17) is 4.42 Å². The Bertz CT molecular complexity index is 1080. The molecule has 1 atom stereocenters. The third kappa shape index (κ3) is 2.58. The van der Waals surface area contributed by atoms with Crippen LogP contribution in [0.5, 0.6) is 0 Å². The van der Waals surface area contributed by atoms with Crippen LogP contribution in [0.25, 0.3) is 11.1 Å². The van der Waals surface area contributed by atoms with E-state index in [0.29, 0.717) is 12.3 Å². The Morgan fingerprint density at radius 3 is 2.78 bits per heavy atom. The molecular weight excluding hydrogens is 344 g/mol. The van der Waals surface area contributed by atoms with Crippen LogP contribution in [0.15, 0.2) is 66.1 Å². The van der Waals surface area contributed by atoms with Gasteiger partial charge in [0.05, 0.1) is 6.20 Å². The minimum absolute atomic E-state index is 0.196. The number of rotatable bonds is 3. The maximum atomic E-state index is 13.0. The van der Waals surface area contributed by atoms with Crippen molar-refractivity contribution in [2.75, 3.05) is 0 Å². The number of hydrogen-bond acceptors (Lipinski definition) is 6. The van der Waals surface area contributed by atoms with E-state index in [9.17, 15) is 4.79 Å². The normalized spacial score (nSPS) is 15.7. The summed E-state index contributed by atoms with van der Waals surface area (Å²) in [6.45, 7) is 0.444. The summed E-state index contributed by atoms with van der Waals surface area (Å²) in [5.41, 5.74) is 4.21. The molecular formula is C19H14N6O2. The van der Waals surface area contributed by atoms with Crippen molar-refractivity contribution in [1.82, 2.24) is 30.0 Å². The Labute approximate surface area is 153 Å². The molecule has 1 aliphatic rings. The van der Waals surface area contributed by atoms with Crippen LogP contribution in [-0.4, -0.2) is 36.0 Å². The van der Waals surface area contributed by atoms with Crippen LogP contribution in [0, 0.1) is 0 Å². The fraction of sp³-hybridized carbons (Fsp3) is 0.105. The lowest BCUT2D eigenvalue weighted by Gasteiger charge is -2.22. The largest absolute Gasteiger partial charge is 0.446 e. The van der Waals surface area contributed by atoms with Crippen molar-refractivity contribution in [2.45, 2.75) is 12.6 Å². The number of benzene rings is 1. The van der Waals surface area contributed by atoms with E-state index in [1.54, 1.807) is 23.5 Å². The molecule has 4 aromatic rings. The highest BCUT2D eigenvalue weighted by Gasteiger charge is 2.38. The van der Waals surface area contributed by atoms with Gasteiger partial charge < -0.3 is 9.32 Å². The Morgan fingerprint density at radius 1 is 1.15 bits per heavy atom. The summed E-state index contributed by atoms with van der Waals surface area (Å²) in [5.74, 6) is 0.565. The zero-order chi connectivity index (χ0) is 18.2. The van der Waals surface area contributed by atoms with Gasteiger partial charge in [0.2, 0.25) is 5.82 Å². The highest BCUT2D eigenvalue weighted by Crippen LogP contribution is 2.40. The summed E-state index contributed by atoms with van der Waals surface area (Å²) in [4.78, 5) is 26.7. The maximum absolute atomic E-state index is 13.0. The van der Waals surface area contributed by atoms with E-state index in [0.717, 1.165) is 22.3 Å². The average molecular weight is 358 g/mol. The molecule has 0 fully saturated rings. The molecule has 0 bridgehead atoms. The molecule has 1 unspecified atom stereocenters. The third-order valence-electron chi connectivity index (χ3n) is 4.70. The van der Waals surface area contributed by atoms with E-state index in [1.165, 1.54) is 12.7 Å². The number of H-pyrrole nitrogens is 1. The summed E-state index contributed by atoms with van der Waals surface area (Å²) in [7, 11) is 0. The zero-order valence-corrected chi connectivity index (χ0v) is 14.1. The molecule has 5 rings (SSSR count). The molecule has 0 saturated heterocycles. The lowest BCUT2D eigenvalue weighted by molar-refractivity contribution is 0.0691. The lowest BCUT2D eigenvalue weighted by atomic mass is 9.98. The smallest absolute Gasteiger partial charge is 0.292 e. The molecule has 27 heavy (non-hydrogen) atoms. The Hall–Kier alpha value is -3.81. The molecule has 1 aliphatic heterocycles. The summed E-state index contributed by atoms with van der Waals surface area (Å²) >= 11 is 0. The standard InChI is InChI=1S/C19H14N6O2/c26-19(18-22-10-23-24-18)25-9-14-7-13(12-3-5-20-6-4-12)1-2-15(14)17(25)16-8-21-11-27-16/h1-8,10-11,17H,9H2,(H,22,23,24). The second-order valence-corrected chi connectivity index (χ2v) is 6.22. The van der Waals surface area contributed by atoms with Crippen molar-refractivity contribution < 1.29 is 9.21 Å². The molecule has 4 heterocycles. The molecule has 8 nitrogen and oxygen atoms in total. The van der Waals surface area contributed by atoms with Gasteiger partial charge in [-0.2, -0.15) is 5.10 Å². The van der Waals surface area contributed by atoms with E-state index < -0.39 is 0 Å². The number of fused-ring (bicyclic) bond motifs is 1. The zero-order valence-electron chi connectivity index (χ0n) is 14.1. The lowest BCUT2D eigenvalue weighted by Crippen LogP contribution is -2.30. The summed E-state index contributed by atoms with van der Waals surface area (Å²) < 4.78 is 5.53. The first kappa shape index (κ1) is 15.4. The highest BCUT2D eigenvalue weighted by atomic mass is 16.3. The number of carbonyl (C=O) groups excluding carboxylic acids is 1. The van der Waals surface area contributed by atoms with Gasteiger partial charge in [0, 0.05) is 18.9 Å². The second kappa shape index (κ2) is 6.17. The van der Waals surface area contributed by atoms with Crippen molar-refractivity contribution in [3.8, 4) is 11.1 Å². The van der Waals surface area contributed by atoms with Gasteiger partial charge in [-0.25, -0.2) is 9.97 Å². The SMILES string of the molecule is O=C(c1ncn[nH]1)N1Cc2cc(-c3ccncc3)ccc2C1c1cnco1. The molecule has 0 saturated carbocycles. The van der Waals surface area contributed by atoms with E-state index in [1.807, 2.05) is 24.3 Å². The highest BCUT2D eigenvalue weighted by molar-refractivity contribution is 5.91. The first-order valence-electron chi connectivity index (χ1n) is 8.39. The van der Waals surface area contributed by atoms with Gasteiger partial charge in [0.25, 0.3) is 5.91 Å². The van der Waals surface area contributed by atoms with Crippen LogP contribution < -0.4 is 0 Å². The third-order valence-corrected chi connectivity index (χ3v) is 4.70. The first-order valence-corrected chi connectivity index (χ1v) is 8.39. The van der Waals surface area contributed by atoms with Gasteiger partial charge in [-0.1, -0.05) is 12.1 Å². The number of aromatic amines is 1. The number of nitrogens with one attached hydrogen (secondary N) is 1. The monoisotopic (exact) mass is 358 g/mol. The van der Waals surface area contributed by atoms with E-state index in [-0.39, 0.29) is 17.8 Å². The van der Waals surface area contributed by atoms with E-state index >= 15 is 0 Å². The summed E-state index contributed by atoms with van der Waals surface area (Å²) in [6.07, 6.45) is 7.85. The fourth-order valence-electron chi connectivity index (χ4n) is 3.48. The first-order chi connectivity index (χ1) is 13.3. The quantitative estimate of drug-likeness (QED) is 0.604. The molecule has 0 aliphatic carbocycles. The molecule has 1 N–H and O–H groups in total. The van der Waals surface area contributed by atoms with Gasteiger partial charge in [0.1, 0.15) is 12.4 Å². The number of oxazole rings is 1. The van der Waals surface area contributed by atoms with Crippen LogP contribution in [0.2, 0.25) is 0 Å². The summed E-state index contributed by atoms with van der Waals surface area (Å²) in [6, 6.07) is 9.74. The van der Waals surface area contributed by atoms with Gasteiger partial charge >= 0.3 is 0 Å². The van der Waals surface area contributed by atoms with Crippen molar-refractivity contribution in [3.63, 3.8) is 0 Å². The molecule has 1 amide bonds. The molecule has 1 aromatic carbocycles. The summed E-state index contributed by atoms with van der Waals surface area (Å²) in [5, 5.41) is 6.42. The maximum Gasteiger partial charge on any atom is 0.292 e. The van der Waals surface area contributed by atoms with Gasteiger partial charge in [-0.05, 0) is 40.5 Å². The Kier molecular flexibility index (Phi) is 3.53. The van der Waals surface area contributed by atoms with Crippen LogP contribution in [0.4, 0.5) is 0 Å².